The zero-order valence-corrected chi connectivity index (χ0v) is 16.6. The van der Waals surface area contributed by atoms with Gasteiger partial charge in [-0.05, 0) is 48.5 Å². The Kier molecular flexibility index (Phi) is 6.22. The van der Waals surface area contributed by atoms with Crippen molar-refractivity contribution in [1.29, 1.82) is 0 Å². The number of amides is 1. The zero-order valence-electron chi connectivity index (χ0n) is 15.8. The van der Waals surface area contributed by atoms with Crippen LogP contribution in [-0.2, 0) is 0 Å². The molecule has 29 heavy (non-hydrogen) atoms. The number of ether oxygens (including phenoxy) is 3. The fourth-order valence-corrected chi connectivity index (χ4v) is 3.61. The van der Waals surface area contributed by atoms with Crippen LogP contribution in [0.3, 0.4) is 0 Å². The van der Waals surface area contributed by atoms with Gasteiger partial charge in [-0.25, -0.2) is 0 Å². The topological polar surface area (TPSA) is 56.8 Å². The highest BCUT2D eigenvalue weighted by molar-refractivity contribution is 7.99. The normalized spacial score (nSPS) is 12.3. The summed E-state index contributed by atoms with van der Waals surface area (Å²) in [5.41, 5.74) is 1.23. The summed E-state index contributed by atoms with van der Waals surface area (Å²) >= 11 is 1.75. The van der Waals surface area contributed by atoms with E-state index in [1.165, 1.54) is 4.90 Å². The quantitative estimate of drug-likeness (QED) is 0.447. The first kappa shape index (κ1) is 19.2. The van der Waals surface area contributed by atoms with Crippen molar-refractivity contribution < 1.29 is 19.0 Å². The fourth-order valence-electron chi connectivity index (χ4n) is 2.86. The molecule has 1 heterocycles. The van der Waals surface area contributed by atoms with Gasteiger partial charge in [-0.2, -0.15) is 0 Å². The minimum absolute atomic E-state index is 0.187. The van der Waals surface area contributed by atoms with Crippen molar-refractivity contribution in [3.63, 3.8) is 0 Å². The van der Waals surface area contributed by atoms with Crippen molar-refractivity contribution in [2.45, 2.75) is 4.90 Å². The smallest absolute Gasteiger partial charge is 0.255 e. The molecule has 4 rings (SSSR count). The van der Waals surface area contributed by atoms with Crippen molar-refractivity contribution in [1.82, 2.24) is 0 Å². The predicted octanol–water partition coefficient (Wildman–Crippen LogP) is 4.88. The third-order valence-corrected chi connectivity index (χ3v) is 5.26. The molecule has 3 aromatic carbocycles. The van der Waals surface area contributed by atoms with Crippen LogP contribution in [0.5, 0.6) is 17.2 Å². The number of fused-ring (bicyclic) bond motifs is 1. The van der Waals surface area contributed by atoms with E-state index < -0.39 is 0 Å². The third kappa shape index (κ3) is 5.23. The van der Waals surface area contributed by atoms with Gasteiger partial charge in [0.1, 0.15) is 19.0 Å². The van der Waals surface area contributed by atoms with Gasteiger partial charge in [0.2, 0.25) is 0 Å². The van der Waals surface area contributed by atoms with Crippen molar-refractivity contribution in [2.24, 2.45) is 0 Å². The first-order valence-corrected chi connectivity index (χ1v) is 10.4. The van der Waals surface area contributed by atoms with Crippen molar-refractivity contribution in [2.75, 3.05) is 30.9 Å². The van der Waals surface area contributed by atoms with Gasteiger partial charge in [0, 0.05) is 28.0 Å². The summed E-state index contributed by atoms with van der Waals surface area (Å²) < 4.78 is 16.8. The van der Waals surface area contributed by atoms with Gasteiger partial charge in [0.15, 0.2) is 11.5 Å². The Bertz CT molecular complexity index is 960. The summed E-state index contributed by atoms with van der Waals surface area (Å²) in [7, 11) is 0. The molecule has 5 nitrogen and oxygen atoms in total. The molecule has 1 aliphatic rings. The van der Waals surface area contributed by atoms with Crippen LogP contribution in [0.15, 0.2) is 77.7 Å². The minimum atomic E-state index is -0.187. The second kappa shape index (κ2) is 9.39. The Hall–Kier alpha value is -3.12. The molecule has 0 radical (unpaired) electrons. The second-order valence-corrected chi connectivity index (χ2v) is 7.52. The van der Waals surface area contributed by atoms with Crippen LogP contribution in [0, 0.1) is 0 Å². The van der Waals surface area contributed by atoms with Crippen LogP contribution in [0.25, 0.3) is 0 Å². The summed E-state index contributed by atoms with van der Waals surface area (Å²) in [5, 5.41) is 2.88. The SMILES string of the molecule is O=C(Nc1ccc2c(c1)OCCO2)c1ccc(OCCSc2ccccc2)cc1. The van der Waals surface area contributed by atoms with E-state index >= 15 is 0 Å². The maximum atomic E-state index is 12.5. The van der Waals surface area contributed by atoms with Gasteiger partial charge in [0.05, 0.1) is 6.61 Å². The van der Waals surface area contributed by atoms with E-state index in [0.29, 0.717) is 42.6 Å². The van der Waals surface area contributed by atoms with Crippen molar-refractivity contribution in [3.8, 4) is 17.2 Å². The van der Waals surface area contributed by atoms with Crippen molar-refractivity contribution >= 4 is 23.4 Å². The summed E-state index contributed by atoms with van der Waals surface area (Å²) in [6.07, 6.45) is 0. The minimum Gasteiger partial charge on any atom is -0.493 e. The molecule has 0 atom stereocenters. The van der Waals surface area contributed by atoms with Gasteiger partial charge in [-0.3, -0.25) is 4.79 Å². The Morgan fingerprint density at radius 3 is 2.48 bits per heavy atom. The predicted molar refractivity (Wildman–Crippen MR) is 114 cm³/mol. The molecule has 0 saturated carbocycles. The Labute approximate surface area is 174 Å². The van der Waals surface area contributed by atoms with Crippen LogP contribution in [0.2, 0.25) is 0 Å². The van der Waals surface area contributed by atoms with Crippen LogP contribution in [0.1, 0.15) is 10.4 Å². The summed E-state index contributed by atoms with van der Waals surface area (Å²) in [6.45, 7) is 1.65. The first-order valence-electron chi connectivity index (χ1n) is 9.40. The molecule has 148 valence electrons. The third-order valence-electron chi connectivity index (χ3n) is 4.28. The van der Waals surface area contributed by atoms with E-state index in [-0.39, 0.29) is 5.91 Å². The van der Waals surface area contributed by atoms with Gasteiger partial charge in [-0.15, -0.1) is 11.8 Å². The number of carbonyl (C=O) groups excluding carboxylic acids is 1. The molecule has 1 N–H and O–H groups in total. The molecule has 0 aromatic heterocycles. The largest absolute Gasteiger partial charge is 0.493 e. The fraction of sp³-hybridized carbons (Fsp3) is 0.174. The molecule has 6 heteroatoms. The highest BCUT2D eigenvalue weighted by atomic mass is 32.2. The lowest BCUT2D eigenvalue weighted by Crippen LogP contribution is -2.16. The number of carbonyl (C=O) groups is 1. The van der Waals surface area contributed by atoms with Crippen LogP contribution in [0.4, 0.5) is 5.69 Å². The average molecular weight is 407 g/mol. The maximum Gasteiger partial charge on any atom is 0.255 e. The molecule has 0 aliphatic carbocycles. The zero-order chi connectivity index (χ0) is 19.9. The lowest BCUT2D eigenvalue weighted by atomic mass is 10.2. The van der Waals surface area contributed by atoms with E-state index in [4.69, 9.17) is 14.2 Å². The van der Waals surface area contributed by atoms with E-state index in [2.05, 4.69) is 17.4 Å². The van der Waals surface area contributed by atoms with Gasteiger partial charge in [-0.1, -0.05) is 18.2 Å². The Morgan fingerprint density at radius 1 is 0.931 bits per heavy atom. The number of hydrogen-bond acceptors (Lipinski definition) is 5. The van der Waals surface area contributed by atoms with Crippen LogP contribution in [-0.4, -0.2) is 31.5 Å². The molecule has 0 spiro atoms. The van der Waals surface area contributed by atoms with Gasteiger partial charge in [0.25, 0.3) is 5.91 Å². The highest BCUT2D eigenvalue weighted by Crippen LogP contribution is 2.32. The number of anilines is 1. The van der Waals surface area contributed by atoms with E-state index in [1.54, 1.807) is 42.1 Å². The molecular formula is C23H21NO4S. The van der Waals surface area contributed by atoms with Crippen molar-refractivity contribution in [3.05, 3.63) is 78.4 Å². The summed E-state index contributed by atoms with van der Waals surface area (Å²) in [5.74, 6) is 2.76. The highest BCUT2D eigenvalue weighted by Gasteiger charge is 2.13. The molecule has 1 aliphatic heterocycles. The number of thioether (sulfide) groups is 1. The standard InChI is InChI=1S/C23H21NO4S/c25-23(24-18-8-11-21-22(16-18)28-13-12-27-21)17-6-9-19(10-7-17)26-14-15-29-20-4-2-1-3-5-20/h1-11,16H,12-15H2,(H,24,25). The lowest BCUT2D eigenvalue weighted by Gasteiger charge is -2.19. The molecular weight excluding hydrogens is 386 g/mol. The molecule has 0 bridgehead atoms. The van der Waals surface area contributed by atoms with E-state index in [9.17, 15) is 4.79 Å². The van der Waals surface area contributed by atoms with Crippen LogP contribution >= 0.6 is 11.8 Å². The van der Waals surface area contributed by atoms with Gasteiger partial charge < -0.3 is 19.5 Å². The second-order valence-electron chi connectivity index (χ2n) is 6.35. The molecule has 1 amide bonds. The number of benzene rings is 3. The first-order chi connectivity index (χ1) is 14.3. The monoisotopic (exact) mass is 407 g/mol. The summed E-state index contributed by atoms with van der Waals surface area (Å²) in [6, 6.07) is 22.7. The Balaban J connectivity index is 1.27. The molecule has 0 unspecified atom stereocenters. The number of hydrogen-bond donors (Lipinski definition) is 1. The molecule has 0 saturated heterocycles. The number of rotatable bonds is 7. The number of nitrogens with one attached hydrogen (secondary N) is 1. The van der Waals surface area contributed by atoms with Crippen LogP contribution < -0.4 is 19.5 Å². The van der Waals surface area contributed by atoms with E-state index in [0.717, 1.165) is 11.5 Å². The maximum absolute atomic E-state index is 12.5. The molecule has 3 aromatic rings. The average Bonchev–Trinajstić information content (AvgIpc) is 2.78. The summed E-state index contributed by atoms with van der Waals surface area (Å²) in [4.78, 5) is 13.7. The lowest BCUT2D eigenvalue weighted by molar-refractivity contribution is 0.102. The van der Waals surface area contributed by atoms with Gasteiger partial charge >= 0.3 is 0 Å². The molecule has 0 fully saturated rings. The Morgan fingerprint density at radius 2 is 1.69 bits per heavy atom. The van der Waals surface area contributed by atoms with E-state index in [1.807, 2.05) is 30.3 Å².